The van der Waals surface area contributed by atoms with E-state index in [1.54, 1.807) is 19.5 Å². The van der Waals surface area contributed by atoms with Crippen LogP contribution in [0.4, 0.5) is 11.5 Å². The van der Waals surface area contributed by atoms with Crippen molar-refractivity contribution >= 4 is 39.3 Å². The fraction of sp³-hybridized carbons (Fsp3) is 0.290. The lowest BCUT2D eigenvalue weighted by atomic mass is 10.0. The number of methoxy groups -OCH3 is 1. The number of pyridine rings is 1. The summed E-state index contributed by atoms with van der Waals surface area (Å²) in [6.45, 7) is 4.79. The Balaban J connectivity index is 1.16. The van der Waals surface area contributed by atoms with Crippen LogP contribution >= 0.6 is 0 Å². The number of nitrogen functional groups attached to an aromatic ring is 1. The van der Waals surface area contributed by atoms with Crippen LogP contribution in [0.3, 0.4) is 0 Å². The first kappa shape index (κ1) is 27.5. The molecule has 0 radical (unpaired) electrons. The minimum atomic E-state index is -0.253. The van der Waals surface area contributed by atoms with Gasteiger partial charge in [-0.2, -0.15) is 10.2 Å². The van der Waals surface area contributed by atoms with E-state index in [1.165, 1.54) is 11.9 Å². The summed E-state index contributed by atoms with van der Waals surface area (Å²) in [5, 5.41) is 16.8. The molecule has 6 heterocycles. The fourth-order valence-corrected chi connectivity index (χ4v) is 6.09. The van der Waals surface area contributed by atoms with Crippen LogP contribution in [-0.4, -0.2) is 70.5 Å². The van der Waals surface area contributed by atoms with Gasteiger partial charge in [-0.05, 0) is 44.0 Å². The van der Waals surface area contributed by atoms with Crippen LogP contribution in [0.2, 0.25) is 0 Å². The van der Waals surface area contributed by atoms with Gasteiger partial charge in [0, 0.05) is 61.3 Å². The summed E-state index contributed by atoms with van der Waals surface area (Å²) in [5.41, 5.74) is 12.9. The van der Waals surface area contributed by atoms with Crippen LogP contribution in [0, 0.1) is 6.92 Å². The van der Waals surface area contributed by atoms with Crippen LogP contribution in [0.1, 0.15) is 40.6 Å². The van der Waals surface area contributed by atoms with Crippen molar-refractivity contribution in [3.05, 3.63) is 72.2 Å². The molecule has 0 atom stereocenters. The Morgan fingerprint density at radius 3 is 2.75 bits per heavy atom. The number of aromatic amines is 1. The molecule has 224 valence electrons. The molecule has 6 aromatic rings. The predicted octanol–water partition coefficient (Wildman–Crippen LogP) is 4.09. The number of amides is 1. The van der Waals surface area contributed by atoms with Gasteiger partial charge in [-0.15, -0.1) is 0 Å². The van der Waals surface area contributed by atoms with E-state index >= 15 is 0 Å². The van der Waals surface area contributed by atoms with E-state index < -0.39 is 0 Å². The zero-order valence-corrected chi connectivity index (χ0v) is 24.8. The van der Waals surface area contributed by atoms with Crippen LogP contribution in [0.25, 0.3) is 33.2 Å². The van der Waals surface area contributed by atoms with Crippen LogP contribution in [0.5, 0.6) is 5.75 Å². The standard InChI is InChI=1S/C31H33N11O2/c1-18-21(15-36-38-18)16-41-10-7-22(8-11-41)42-30-27(29(32)34-17-35-30)28(39-42)19-4-5-23(26(13-19)44-3)37-31(43)25-12-20-14-33-9-6-24(20)40(25)2/h4-6,9,12-15,17,22H,7-8,10-11,16H2,1-3H3,(H,36,38)(H,37,43)(H2,32,34,35). The molecule has 1 fully saturated rings. The number of nitrogens with two attached hydrogens (primary N) is 1. The molecule has 1 amide bonds. The third kappa shape index (κ3) is 4.80. The largest absolute Gasteiger partial charge is 0.495 e. The molecule has 1 aliphatic heterocycles. The summed E-state index contributed by atoms with van der Waals surface area (Å²) in [4.78, 5) is 28.8. The van der Waals surface area contributed by atoms with E-state index in [4.69, 9.17) is 15.6 Å². The molecule has 1 aliphatic rings. The Morgan fingerprint density at radius 1 is 1.16 bits per heavy atom. The van der Waals surface area contributed by atoms with Gasteiger partial charge >= 0.3 is 0 Å². The average Bonchev–Trinajstić information content (AvgIpc) is 3.73. The number of benzene rings is 1. The van der Waals surface area contributed by atoms with Crippen LogP contribution < -0.4 is 15.8 Å². The topological polar surface area (TPSA) is 158 Å². The zero-order valence-electron chi connectivity index (χ0n) is 24.8. The van der Waals surface area contributed by atoms with Crippen molar-refractivity contribution in [3.63, 3.8) is 0 Å². The van der Waals surface area contributed by atoms with E-state index in [0.29, 0.717) is 39.7 Å². The molecule has 0 aliphatic carbocycles. The highest BCUT2D eigenvalue weighted by Gasteiger charge is 2.27. The minimum Gasteiger partial charge on any atom is -0.495 e. The molecular weight excluding hydrogens is 558 g/mol. The lowest BCUT2D eigenvalue weighted by Crippen LogP contribution is -2.34. The minimum absolute atomic E-state index is 0.165. The van der Waals surface area contributed by atoms with E-state index in [1.807, 2.05) is 52.8 Å². The van der Waals surface area contributed by atoms with Crippen molar-refractivity contribution in [3.8, 4) is 17.0 Å². The number of likely N-dealkylation sites (tertiary alicyclic amines) is 1. The number of piperidine rings is 1. The Bertz CT molecular complexity index is 2000. The number of fused-ring (bicyclic) bond motifs is 2. The summed E-state index contributed by atoms with van der Waals surface area (Å²) < 4.78 is 9.57. The highest BCUT2D eigenvalue weighted by Crippen LogP contribution is 2.37. The number of nitrogens with zero attached hydrogens (tertiary/aromatic N) is 8. The maximum absolute atomic E-state index is 13.3. The Labute approximate surface area is 253 Å². The number of hydrogen-bond donors (Lipinski definition) is 3. The summed E-state index contributed by atoms with van der Waals surface area (Å²) in [6.07, 6.45) is 8.69. The number of carbonyl (C=O) groups excluding carboxylic acids is 1. The quantitative estimate of drug-likeness (QED) is 0.249. The normalized spacial score (nSPS) is 14.4. The zero-order chi connectivity index (χ0) is 30.4. The molecule has 5 aromatic heterocycles. The molecule has 1 saturated heterocycles. The number of carbonyl (C=O) groups is 1. The molecule has 0 saturated carbocycles. The van der Waals surface area contributed by atoms with E-state index in [0.717, 1.165) is 54.6 Å². The lowest BCUT2D eigenvalue weighted by molar-refractivity contribution is 0.101. The molecule has 0 spiro atoms. The number of hydrogen-bond acceptors (Lipinski definition) is 9. The van der Waals surface area contributed by atoms with Gasteiger partial charge in [-0.25, -0.2) is 14.6 Å². The number of rotatable bonds is 7. The second-order valence-corrected chi connectivity index (χ2v) is 11.2. The van der Waals surface area contributed by atoms with Crippen LogP contribution in [-0.2, 0) is 13.6 Å². The fourth-order valence-electron chi connectivity index (χ4n) is 6.09. The Morgan fingerprint density at radius 2 is 2.00 bits per heavy atom. The van der Waals surface area contributed by atoms with Crippen molar-refractivity contribution < 1.29 is 9.53 Å². The van der Waals surface area contributed by atoms with Gasteiger partial charge < -0.3 is 20.4 Å². The van der Waals surface area contributed by atoms with Gasteiger partial charge in [0.05, 0.1) is 35.9 Å². The van der Waals surface area contributed by atoms with Gasteiger partial charge in [0.2, 0.25) is 0 Å². The highest BCUT2D eigenvalue weighted by molar-refractivity contribution is 6.07. The summed E-state index contributed by atoms with van der Waals surface area (Å²) in [7, 11) is 3.43. The number of aryl methyl sites for hydroxylation is 2. The average molecular weight is 592 g/mol. The monoisotopic (exact) mass is 591 g/mol. The van der Waals surface area contributed by atoms with Gasteiger partial charge in [-0.3, -0.25) is 19.8 Å². The number of anilines is 2. The van der Waals surface area contributed by atoms with Crippen molar-refractivity contribution in [1.29, 1.82) is 0 Å². The van der Waals surface area contributed by atoms with Gasteiger partial charge in [0.25, 0.3) is 5.91 Å². The molecule has 7 rings (SSSR count). The smallest absolute Gasteiger partial charge is 0.272 e. The number of aromatic nitrogens is 8. The molecule has 4 N–H and O–H groups in total. The van der Waals surface area contributed by atoms with E-state index in [2.05, 4.69) is 42.3 Å². The van der Waals surface area contributed by atoms with Crippen LogP contribution in [0.15, 0.2) is 55.2 Å². The third-order valence-corrected chi connectivity index (χ3v) is 8.55. The van der Waals surface area contributed by atoms with Crippen molar-refractivity contribution in [2.24, 2.45) is 7.05 Å². The molecule has 13 nitrogen and oxygen atoms in total. The first-order valence-electron chi connectivity index (χ1n) is 14.5. The second kappa shape index (κ2) is 11.1. The first-order valence-corrected chi connectivity index (χ1v) is 14.5. The second-order valence-electron chi connectivity index (χ2n) is 11.2. The van der Waals surface area contributed by atoms with Crippen molar-refractivity contribution in [2.45, 2.75) is 32.4 Å². The van der Waals surface area contributed by atoms with Gasteiger partial charge in [0.15, 0.2) is 5.65 Å². The third-order valence-electron chi connectivity index (χ3n) is 8.55. The molecule has 44 heavy (non-hydrogen) atoms. The Hall–Kier alpha value is -5.30. The first-order chi connectivity index (χ1) is 21.4. The summed E-state index contributed by atoms with van der Waals surface area (Å²) in [6, 6.07) is 9.44. The highest BCUT2D eigenvalue weighted by atomic mass is 16.5. The molecule has 13 heteroatoms. The molecule has 0 unspecified atom stereocenters. The van der Waals surface area contributed by atoms with E-state index in [-0.39, 0.29) is 11.9 Å². The molecule has 1 aromatic carbocycles. The SMILES string of the molecule is COc1cc(-c2nn(C3CCN(Cc4cn[nH]c4C)CC3)c3ncnc(N)c23)ccc1NC(=O)c1cc2cnccc2n1C. The number of nitrogens with one attached hydrogen (secondary N) is 2. The van der Waals surface area contributed by atoms with E-state index in [9.17, 15) is 4.79 Å². The molecule has 0 bridgehead atoms. The maximum atomic E-state index is 13.3. The summed E-state index contributed by atoms with van der Waals surface area (Å²) >= 11 is 0. The number of H-pyrrole nitrogens is 1. The maximum Gasteiger partial charge on any atom is 0.272 e. The lowest BCUT2D eigenvalue weighted by Gasteiger charge is -2.32. The molecular formula is C31H33N11O2. The van der Waals surface area contributed by atoms with Crippen molar-refractivity contribution in [1.82, 2.24) is 44.4 Å². The Kier molecular flexibility index (Phi) is 6.93. The number of ether oxygens (including phenoxy) is 1. The summed E-state index contributed by atoms with van der Waals surface area (Å²) in [5.74, 6) is 0.611. The predicted molar refractivity (Wildman–Crippen MR) is 167 cm³/mol. The van der Waals surface area contributed by atoms with Gasteiger partial charge in [-0.1, -0.05) is 6.07 Å². The van der Waals surface area contributed by atoms with Crippen molar-refractivity contribution in [2.75, 3.05) is 31.2 Å². The van der Waals surface area contributed by atoms with Gasteiger partial charge in [0.1, 0.15) is 29.3 Å².